The summed E-state index contributed by atoms with van der Waals surface area (Å²) in [5.74, 6) is -1.66. The molecule has 1 unspecified atom stereocenters. The predicted molar refractivity (Wildman–Crippen MR) is 35.9 cm³/mol. The van der Waals surface area contributed by atoms with E-state index >= 15 is 0 Å². The number of hydrogen-bond donors (Lipinski definition) is 0. The average molecular weight is 257 g/mol. The Morgan fingerprint density at radius 2 is 2.40 bits per heavy atom. The first-order valence-corrected chi connectivity index (χ1v) is 2.62. The Balaban J connectivity index is 0.000000810. The molecule has 0 bridgehead atoms. The second-order valence-electron chi connectivity index (χ2n) is 1.75. The maximum atomic E-state index is 12.9. The van der Waals surface area contributed by atoms with Crippen LogP contribution < -0.4 is 0 Å². The van der Waals surface area contributed by atoms with Crippen molar-refractivity contribution < 1.29 is 53.3 Å². The third kappa shape index (κ3) is 2.67. The SMILES string of the molecule is CN=CC1(F)C=CC=N1.[Xe]. The van der Waals surface area contributed by atoms with E-state index in [9.17, 15) is 4.39 Å². The van der Waals surface area contributed by atoms with Gasteiger partial charge >= 0.3 is 0 Å². The van der Waals surface area contributed by atoms with E-state index in [1.165, 1.54) is 19.3 Å². The summed E-state index contributed by atoms with van der Waals surface area (Å²) in [6.45, 7) is 0. The molecule has 2 nitrogen and oxygen atoms in total. The molecule has 0 aromatic heterocycles. The van der Waals surface area contributed by atoms with Gasteiger partial charge in [0.1, 0.15) is 0 Å². The van der Waals surface area contributed by atoms with Crippen molar-refractivity contribution in [3.05, 3.63) is 12.2 Å². The second-order valence-corrected chi connectivity index (χ2v) is 1.75. The van der Waals surface area contributed by atoms with Crippen LogP contribution in [0.3, 0.4) is 0 Å². The minimum Gasteiger partial charge on any atom is -0.295 e. The Morgan fingerprint density at radius 1 is 1.70 bits per heavy atom. The summed E-state index contributed by atoms with van der Waals surface area (Å²) in [4.78, 5) is 7.03. The Hall–Kier alpha value is 0.581. The number of hydrogen-bond acceptors (Lipinski definition) is 2. The van der Waals surface area contributed by atoms with E-state index in [0.29, 0.717) is 0 Å². The van der Waals surface area contributed by atoms with Crippen molar-refractivity contribution in [2.75, 3.05) is 7.05 Å². The fourth-order valence-corrected chi connectivity index (χ4v) is 0.636. The van der Waals surface area contributed by atoms with Gasteiger partial charge in [0.05, 0.1) is 6.21 Å². The van der Waals surface area contributed by atoms with Gasteiger partial charge in [-0.3, -0.25) is 4.99 Å². The standard InChI is InChI=1S/C6H7FN2.Xe/c1-8-5-6(7)3-2-4-9-6;/h2-5H,1H3;. The molecule has 0 aromatic rings. The van der Waals surface area contributed by atoms with E-state index in [0.717, 1.165) is 6.21 Å². The van der Waals surface area contributed by atoms with Crippen molar-refractivity contribution >= 4 is 12.4 Å². The Bertz CT molecular complexity index is 174. The molecule has 0 N–H and O–H groups in total. The number of allylic oxidation sites excluding steroid dienone is 1. The quantitative estimate of drug-likeness (QED) is 0.494. The van der Waals surface area contributed by atoms with Crippen molar-refractivity contribution in [1.29, 1.82) is 0 Å². The van der Waals surface area contributed by atoms with Crippen molar-refractivity contribution in [1.82, 2.24) is 0 Å². The van der Waals surface area contributed by atoms with E-state index in [-0.39, 0.29) is 48.9 Å². The third-order valence-corrected chi connectivity index (χ3v) is 0.999. The van der Waals surface area contributed by atoms with Crippen molar-refractivity contribution in [2.24, 2.45) is 9.98 Å². The van der Waals surface area contributed by atoms with E-state index in [1.54, 1.807) is 6.08 Å². The van der Waals surface area contributed by atoms with Crippen LogP contribution in [0.15, 0.2) is 22.1 Å². The fraction of sp³-hybridized carbons (Fsp3) is 0.333. The first-order valence-electron chi connectivity index (χ1n) is 2.62. The largest absolute Gasteiger partial charge is 0.295 e. The van der Waals surface area contributed by atoms with Gasteiger partial charge in [-0.05, 0) is 12.2 Å². The van der Waals surface area contributed by atoms with Gasteiger partial charge in [0.15, 0.2) is 0 Å². The molecular weight excluding hydrogens is 250 g/mol. The minimum absolute atomic E-state index is 0. The molecule has 0 amide bonds. The zero-order chi connectivity index (χ0) is 6.74. The van der Waals surface area contributed by atoms with Crippen LogP contribution in [0.4, 0.5) is 4.39 Å². The van der Waals surface area contributed by atoms with E-state index in [4.69, 9.17) is 0 Å². The molecule has 1 rings (SSSR count). The van der Waals surface area contributed by atoms with Crippen molar-refractivity contribution in [3.8, 4) is 0 Å². The monoisotopic (exact) mass is 258 g/mol. The van der Waals surface area contributed by atoms with Gasteiger partial charge in [0.2, 0.25) is 0 Å². The van der Waals surface area contributed by atoms with Gasteiger partial charge in [-0.25, -0.2) is 9.38 Å². The summed E-state index contributed by atoms with van der Waals surface area (Å²) in [7, 11) is 1.52. The number of alkyl halides is 1. The topological polar surface area (TPSA) is 24.7 Å². The molecule has 0 saturated heterocycles. The number of halogens is 1. The van der Waals surface area contributed by atoms with Gasteiger partial charge in [0, 0.05) is 62.1 Å². The van der Waals surface area contributed by atoms with Crippen molar-refractivity contribution in [2.45, 2.75) is 5.79 Å². The van der Waals surface area contributed by atoms with Crippen molar-refractivity contribution in [3.63, 3.8) is 0 Å². The van der Waals surface area contributed by atoms with E-state index in [1.807, 2.05) is 0 Å². The molecule has 1 aliphatic heterocycles. The summed E-state index contributed by atoms with van der Waals surface area (Å²) in [6, 6.07) is 0. The molecule has 1 heterocycles. The number of nitrogens with zero attached hydrogens (tertiary/aromatic N) is 2. The van der Waals surface area contributed by atoms with Crippen LogP contribution in [0.5, 0.6) is 0 Å². The minimum atomic E-state index is -1.66. The number of rotatable bonds is 1. The van der Waals surface area contributed by atoms with Crippen LogP contribution in [0.25, 0.3) is 0 Å². The zero-order valence-electron chi connectivity index (χ0n) is 5.44. The molecule has 0 spiro atoms. The van der Waals surface area contributed by atoms with E-state index < -0.39 is 5.79 Å². The van der Waals surface area contributed by atoms with Crippen LogP contribution in [-0.2, 0) is 0 Å². The van der Waals surface area contributed by atoms with Crippen LogP contribution >= 0.6 is 0 Å². The fourth-order valence-electron chi connectivity index (χ4n) is 0.636. The maximum Gasteiger partial charge on any atom is 0.254 e. The smallest absolute Gasteiger partial charge is 0.254 e. The Morgan fingerprint density at radius 3 is 2.80 bits per heavy atom. The molecule has 0 saturated carbocycles. The first-order chi connectivity index (χ1) is 4.27. The average Bonchev–Trinajstić information content (AvgIpc) is 2.16. The molecule has 0 aliphatic carbocycles. The van der Waals surface area contributed by atoms with Gasteiger partial charge in [-0.2, -0.15) is 0 Å². The molecule has 0 radical (unpaired) electrons. The molecule has 4 heteroatoms. The number of aliphatic imine (C=N–C) groups is 2. The predicted octanol–water partition coefficient (Wildman–Crippen LogP) is 0.993. The first kappa shape index (κ1) is 10.6. The van der Waals surface area contributed by atoms with Crippen LogP contribution in [0.2, 0.25) is 0 Å². The normalized spacial score (nSPS) is 29.4. The molecule has 0 aromatic carbocycles. The van der Waals surface area contributed by atoms with Gasteiger partial charge in [0.25, 0.3) is 5.79 Å². The summed E-state index contributed by atoms with van der Waals surface area (Å²) < 4.78 is 12.9. The van der Waals surface area contributed by atoms with Crippen LogP contribution in [0, 0.1) is 48.9 Å². The van der Waals surface area contributed by atoms with E-state index in [2.05, 4.69) is 9.98 Å². The third-order valence-electron chi connectivity index (χ3n) is 0.999. The summed E-state index contributed by atoms with van der Waals surface area (Å²) in [5.41, 5.74) is 0. The molecule has 1 aliphatic rings. The molecule has 10 heavy (non-hydrogen) atoms. The molecule has 56 valence electrons. The second kappa shape index (κ2) is 4.46. The molecule has 0 fully saturated rings. The van der Waals surface area contributed by atoms with Gasteiger partial charge < -0.3 is 0 Å². The van der Waals surface area contributed by atoms with Gasteiger partial charge in [-0.1, -0.05) is 0 Å². The summed E-state index contributed by atoms with van der Waals surface area (Å²) in [5, 5.41) is 0. The van der Waals surface area contributed by atoms with Crippen LogP contribution in [0.1, 0.15) is 0 Å². The Labute approximate surface area is 99.4 Å². The molecule has 1 atom stereocenters. The van der Waals surface area contributed by atoms with Gasteiger partial charge in [-0.15, -0.1) is 0 Å². The summed E-state index contributed by atoms with van der Waals surface area (Å²) >= 11 is 0. The maximum absolute atomic E-state index is 12.9. The molecular formula is C6H7FN2Xe. The van der Waals surface area contributed by atoms with Crippen LogP contribution in [-0.4, -0.2) is 25.3 Å². The zero-order valence-corrected chi connectivity index (χ0v) is 7.45. The Kier molecular flexibility index (Phi) is 4.72. The summed E-state index contributed by atoms with van der Waals surface area (Å²) in [6.07, 6.45) is 5.48.